The van der Waals surface area contributed by atoms with Gasteiger partial charge in [0.05, 0.1) is 12.5 Å². The van der Waals surface area contributed by atoms with E-state index in [1.165, 1.54) is 0 Å². The molecule has 1 fully saturated rings. The molecule has 120 valence electrons. The Morgan fingerprint density at radius 2 is 1.86 bits per heavy atom. The van der Waals surface area contributed by atoms with Crippen LogP contribution in [0.4, 0.5) is 4.79 Å². The second-order valence-corrected chi connectivity index (χ2v) is 5.74. The first-order valence-corrected chi connectivity index (χ1v) is 7.45. The number of carbonyl (C=O) groups is 3. The Balaban J connectivity index is 2.06. The van der Waals surface area contributed by atoms with E-state index in [1.54, 1.807) is 6.92 Å². The zero-order valence-corrected chi connectivity index (χ0v) is 12.6. The van der Waals surface area contributed by atoms with Crippen LogP contribution in [0.3, 0.4) is 0 Å². The molecule has 7 nitrogen and oxygen atoms in total. The molecule has 7 heteroatoms. The van der Waals surface area contributed by atoms with Gasteiger partial charge in [0.1, 0.15) is 0 Å². The van der Waals surface area contributed by atoms with Gasteiger partial charge >= 0.3 is 12.0 Å². The molecular formula is C14H25N3O4. The fraction of sp³-hybridized carbons (Fsp3) is 0.786. The van der Waals surface area contributed by atoms with Crippen molar-refractivity contribution in [3.05, 3.63) is 0 Å². The van der Waals surface area contributed by atoms with Gasteiger partial charge in [0.2, 0.25) is 5.91 Å². The quantitative estimate of drug-likeness (QED) is 0.506. The van der Waals surface area contributed by atoms with Crippen LogP contribution >= 0.6 is 0 Å². The topological polar surface area (TPSA) is 108 Å². The minimum absolute atomic E-state index is 0.0227. The lowest BCUT2D eigenvalue weighted by molar-refractivity contribution is -0.141. The Morgan fingerprint density at radius 1 is 1.19 bits per heavy atom. The maximum atomic E-state index is 11.6. The number of carboxylic acids is 1. The Bertz CT molecular complexity index is 382. The molecule has 0 heterocycles. The summed E-state index contributed by atoms with van der Waals surface area (Å²) in [4.78, 5) is 33.6. The lowest BCUT2D eigenvalue weighted by Crippen LogP contribution is -2.45. The molecule has 0 aromatic rings. The molecule has 1 saturated carbocycles. The normalized spacial score (nSPS) is 16.7. The molecule has 3 amide bonds. The fourth-order valence-corrected chi connectivity index (χ4v) is 1.87. The SMILES string of the molecule is CC(CCCC(C)C(=O)O)NC(=O)NCC(=O)NC1CC1. The highest BCUT2D eigenvalue weighted by Gasteiger charge is 2.23. The Kier molecular flexibility index (Phi) is 6.98. The Morgan fingerprint density at radius 3 is 2.43 bits per heavy atom. The van der Waals surface area contributed by atoms with Crippen LogP contribution < -0.4 is 16.0 Å². The van der Waals surface area contributed by atoms with Crippen LogP contribution in [-0.4, -0.2) is 41.6 Å². The van der Waals surface area contributed by atoms with Crippen LogP contribution in [0.25, 0.3) is 0 Å². The largest absolute Gasteiger partial charge is 0.481 e. The number of carbonyl (C=O) groups excluding carboxylic acids is 2. The summed E-state index contributed by atoms with van der Waals surface area (Å²) in [5.74, 6) is -1.33. The molecule has 0 saturated heterocycles. The Labute approximate surface area is 124 Å². The first-order chi connectivity index (χ1) is 9.88. The molecule has 1 aliphatic rings. The molecule has 0 aromatic carbocycles. The number of rotatable bonds is 9. The number of aliphatic carboxylic acids is 1. The number of urea groups is 1. The Hall–Kier alpha value is -1.79. The van der Waals surface area contributed by atoms with Crippen LogP contribution in [0.1, 0.15) is 46.0 Å². The van der Waals surface area contributed by atoms with Gasteiger partial charge in [0, 0.05) is 12.1 Å². The van der Waals surface area contributed by atoms with Crippen molar-refractivity contribution in [1.29, 1.82) is 0 Å². The third-order valence-electron chi connectivity index (χ3n) is 3.43. The van der Waals surface area contributed by atoms with Crippen LogP contribution in [0, 0.1) is 5.92 Å². The van der Waals surface area contributed by atoms with E-state index in [0.29, 0.717) is 12.8 Å². The van der Waals surface area contributed by atoms with Crippen molar-refractivity contribution in [3.8, 4) is 0 Å². The first kappa shape index (κ1) is 17.3. The molecule has 4 N–H and O–H groups in total. The molecule has 0 bridgehead atoms. The van der Waals surface area contributed by atoms with Gasteiger partial charge in [-0.25, -0.2) is 4.79 Å². The van der Waals surface area contributed by atoms with Gasteiger partial charge in [-0.15, -0.1) is 0 Å². The van der Waals surface area contributed by atoms with Gasteiger partial charge in [-0.1, -0.05) is 13.3 Å². The summed E-state index contributed by atoms with van der Waals surface area (Å²) in [5, 5.41) is 16.8. The van der Waals surface area contributed by atoms with Gasteiger partial charge in [-0.2, -0.15) is 0 Å². The molecule has 1 aliphatic carbocycles. The average Bonchev–Trinajstić information content (AvgIpc) is 3.20. The van der Waals surface area contributed by atoms with E-state index in [2.05, 4.69) is 16.0 Å². The number of hydrogen-bond acceptors (Lipinski definition) is 3. The summed E-state index contributed by atoms with van der Waals surface area (Å²) in [6.07, 6.45) is 4.07. The summed E-state index contributed by atoms with van der Waals surface area (Å²) in [5.41, 5.74) is 0. The van der Waals surface area contributed by atoms with Gasteiger partial charge in [-0.3, -0.25) is 9.59 Å². The van der Waals surface area contributed by atoms with Crippen molar-refractivity contribution in [2.45, 2.75) is 58.0 Å². The third-order valence-corrected chi connectivity index (χ3v) is 3.43. The van der Waals surface area contributed by atoms with E-state index in [0.717, 1.165) is 19.3 Å². The van der Waals surface area contributed by atoms with Gasteiger partial charge in [-0.05, 0) is 32.6 Å². The molecular weight excluding hydrogens is 274 g/mol. The number of nitrogens with one attached hydrogen (secondary N) is 3. The van der Waals surface area contributed by atoms with Gasteiger partial charge in [0.15, 0.2) is 0 Å². The molecule has 2 unspecified atom stereocenters. The van der Waals surface area contributed by atoms with Crippen molar-refractivity contribution in [2.75, 3.05) is 6.54 Å². The highest BCUT2D eigenvalue weighted by molar-refractivity contribution is 5.84. The second kappa shape index (κ2) is 8.49. The maximum Gasteiger partial charge on any atom is 0.315 e. The monoisotopic (exact) mass is 299 g/mol. The summed E-state index contributed by atoms with van der Waals surface area (Å²) in [6, 6.07) is -0.144. The summed E-state index contributed by atoms with van der Waals surface area (Å²) < 4.78 is 0. The predicted molar refractivity (Wildman–Crippen MR) is 77.8 cm³/mol. The van der Waals surface area contributed by atoms with E-state index in [9.17, 15) is 14.4 Å². The van der Waals surface area contributed by atoms with Crippen molar-refractivity contribution in [1.82, 2.24) is 16.0 Å². The fourth-order valence-electron chi connectivity index (χ4n) is 1.87. The zero-order valence-electron chi connectivity index (χ0n) is 12.6. The third kappa shape index (κ3) is 8.16. The van der Waals surface area contributed by atoms with Crippen molar-refractivity contribution < 1.29 is 19.5 Å². The number of amides is 3. The standard InChI is InChI=1S/C14H25N3O4/c1-9(13(19)20)4-3-5-10(2)16-14(21)15-8-12(18)17-11-6-7-11/h9-11H,3-8H2,1-2H3,(H,17,18)(H,19,20)(H2,15,16,21). The molecule has 0 aromatic heterocycles. The molecule has 0 aliphatic heterocycles. The molecule has 2 atom stereocenters. The minimum atomic E-state index is -0.796. The van der Waals surface area contributed by atoms with Crippen LogP contribution in [0.2, 0.25) is 0 Å². The van der Waals surface area contributed by atoms with E-state index in [4.69, 9.17) is 5.11 Å². The minimum Gasteiger partial charge on any atom is -0.481 e. The highest BCUT2D eigenvalue weighted by Crippen LogP contribution is 2.18. The molecule has 1 rings (SSSR count). The van der Waals surface area contributed by atoms with E-state index >= 15 is 0 Å². The zero-order chi connectivity index (χ0) is 15.8. The molecule has 0 spiro atoms. The van der Waals surface area contributed by atoms with Gasteiger partial charge in [0.25, 0.3) is 0 Å². The van der Waals surface area contributed by atoms with Crippen molar-refractivity contribution in [2.24, 2.45) is 5.92 Å². The predicted octanol–water partition coefficient (Wildman–Crippen LogP) is 0.844. The summed E-state index contributed by atoms with van der Waals surface area (Å²) >= 11 is 0. The second-order valence-electron chi connectivity index (χ2n) is 5.74. The van der Waals surface area contributed by atoms with Crippen LogP contribution in [0.15, 0.2) is 0 Å². The molecule has 0 radical (unpaired) electrons. The summed E-state index contributed by atoms with van der Waals surface area (Å²) in [6.45, 7) is 3.51. The van der Waals surface area contributed by atoms with E-state index in [-0.39, 0.29) is 36.5 Å². The average molecular weight is 299 g/mol. The smallest absolute Gasteiger partial charge is 0.315 e. The number of hydrogen-bond donors (Lipinski definition) is 4. The first-order valence-electron chi connectivity index (χ1n) is 7.45. The highest BCUT2D eigenvalue weighted by atomic mass is 16.4. The molecule has 21 heavy (non-hydrogen) atoms. The lowest BCUT2D eigenvalue weighted by atomic mass is 10.0. The van der Waals surface area contributed by atoms with Crippen LogP contribution in [-0.2, 0) is 9.59 Å². The van der Waals surface area contributed by atoms with E-state index < -0.39 is 5.97 Å². The summed E-state index contributed by atoms with van der Waals surface area (Å²) in [7, 11) is 0. The van der Waals surface area contributed by atoms with Crippen molar-refractivity contribution >= 4 is 17.9 Å². The van der Waals surface area contributed by atoms with Gasteiger partial charge < -0.3 is 21.1 Å². The number of carboxylic acid groups (broad SMARTS) is 1. The van der Waals surface area contributed by atoms with Crippen LogP contribution in [0.5, 0.6) is 0 Å². The van der Waals surface area contributed by atoms with Crippen molar-refractivity contribution in [3.63, 3.8) is 0 Å². The van der Waals surface area contributed by atoms with E-state index in [1.807, 2.05) is 6.92 Å². The maximum absolute atomic E-state index is 11.6. The lowest BCUT2D eigenvalue weighted by Gasteiger charge is -2.15.